The van der Waals surface area contributed by atoms with Crippen LogP contribution < -0.4 is 5.32 Å². The number of aliphatic imine (C=N–C) groups is 1. The SMILES string of the molecule is CCNC(=NCCCc1nnc2ccccn12)N1CCN(C(C)C(F)(F)F)CC1. The highest BCUT2D eigenvalue weighted by molar-refractivity contribution is 5.80. The first kappa shape index (κ1) is 21.4. The fourth-order valence-corrected chi connectivity index (χ4v) is 3.44. The van der Waals surface area contributed by atoms with Crippen molar-refractivity contribution in [2.45, 2.75) is 38.9 Å². The van der Waals surface area contributed by atoms with Crippen LogP contribution in [0.5, 0.6) is 0 Å². The van der Waals surface area contributed by atoms with Crippen molar-refractivity contribution >= 4 is 11.6 Å². The third-order valence-corrected chi connectivity index (χ3v) is 5.17. The summed E-state index contributed by atoms with van der Waals surface area (Å²) in [5.74, 6) is 1.66. The molecule has 1 N–H and O–H groups in total. The molecule has 7 nitrogen and oxygen atoms in total. The maximum Gasteiger partial charge on any atom is 0.403 e. The zero-order chi connectivity index (χ0) is 20.9. The molecule has 1 fully saturated rings. The highest BCUT2D eigenvalue weighted by Crippen LogP contribution is 2.25. The van der Waals surface area contributed by atoms with Gasteiger partial charge in [-0.1, -0.05) is 6.07 Å². The van der Waals surface area contributed by atoms with Gasteiger partial charge in [0.1, 0.15) is 11.9 Å². The number of hydrogen-bond acceptors (Lipinski definition) is 4. The molecule has 2 aromatic heterocycles. The van der Waals surface area contributed by atoms with Gasteiger partial charge in [0.25, 0.3) is 0 Å². The first-order valence-electron chi connectivity index (χ1n) is 10.0. The summed E-state index contributed by atoms with van der Waals surface area (Å²) in [6.45, 7) is 6.34. The van der Waals surface area contributed by atoms with Gasteiger partial charge in [-0.05, 0) is 32.4 Å². The topological polar surface area (TPSA) is 61.1 Å². The molecule has 0 spiro atoms. The molecule has 1 aliphatic rings. The fourth-order valence-electron chi connectivity index (χ4n) is 3.44. The minimum absolute atomic E-state index is 0.372. The van der Waals surface area contributed by atoms with E-state index in [1.807, 2.05) is 40.6 Å². The second-order valence-electron chi connectivity index (χ2n) is 7.12. The van der Waals surface area contributed by atoms with Crippen molar-refractivity contribution in [3.05, 3.63) is 30.2 Å². The Hall–Kier alpha value is -2.36. The number of alkyl halides is 3. The predicted molar refractivity (Wildman–Crippen MR) is 106 cm³/mol. The molecule has 0 amide bonds. The number of aromatic nitrogens is 3. The van der Waals surface area contributed by atoms with Crippen LogP contribution in [0.15, 0.2) is 29.4 Å². The lowest BCUT2D eigenvalue weighted by molar-refractivity contribution is -0.181. The number of pyridine rings is 1. The van der Waals surface area contributed by atoms with E-state index < -0.39 is 12.2 Å². The number of halogens is 3. The molecule has 0 radical (unpaired) electrons. The standard InChI is InChI=1S/C19H28F3N7/c1-3-23-18(28-13-11-27(12-14-28)15(2)19(20,21)22)24-9-6-8-17-26-25-16-7-4-5-10-29(16)17/h4-5,7,10,15H,3,6,8-9,11-14H2,1-2H3,(H,23,24). The van der Waals surface area contributed by atoms with E-state index in [1.54, 1.807) is 0 Å². The van der Waals surface area contributed by atoms with Crippen LogP contribution in [0.3, 0.4) is 0 Å². The Kier molecular flexibility index (Phi) is 6.94. The normalized spacial score (nSPS) is 17.7. The molecule has 1 aliphatic heterocycles. The maximum atomic E-state index is 12.9. The third-order valence-electron chi connectivity index (χ3n) is 5.17. The Morgan fingerprint density at radius 2 is 1.97 bits per heavy atom. The Balaban J connectivity index is 1.52. The van der Waals surface area contributed by atoms with E-state index in [9.17, 15) is 13.2 Å². The Morgan fingerprint density at radius 1 is 1.21 bits per heavy atom. The van der Waals surface area contributed by atoms with E-state index in [-0.39, 0.29) is 0 Å². The summed E-state index contributed by atoms with van der Waals surface area (Å²) in [4.78, 5) is 8.19. The van der Waals surface area contributed by atoms with Crippen LogP contribution in [0.4, 0.5) is 13.2 Å². The monoisotopic (exact) mass is 411 g/mol. The van der Waals surface area contributed by atoms with E-state index in [2.05, 4.69) is 20.5 Å². The van der Waals surface area contributed by atoms with Crippen molar-refractivity contribution in [3.8, 4) is 0 Å². The lowest BCUT2D eigenvalue weighted by Gasteiger charge is -2.39. The number of fused-ring (bicyclic) bond motifs is 1. The minimum atomic E-state index is -4.19. The van der Waals surface area contributed by atoms with Crippen molar-refractivity contribution in [2.75, 3.05) is 39.3 Å². The van der Waals surface area contributed by atoms with Crippen LogP contribution in [0, 0.1) is 0 Å². The molecule has 0 aliphatic carbocycles. The second-order valence-corrected chi connectivity index (χ2v) is 7.12. The number of rotatable bonds is 6. The molecular weight excluding hydrogens is 383 g/mol. The van der Waals surface area contributed by atoms with Crippen LogP contribution in [-0.4, -0.2) is 81.8 Å². The Labute approximate surface area is 168 Å². The van der Waals surface area contributed by atoms with E-state index >= 15 is 0 Å². The van der Waals surface area contributed by atoms with Gasteiger partial charge in [-0.3, -0.25) is 14.3 Å². The number of aryl methyl sites for hydroxylation is 1. The molecule has 1 saturated heterocycles. The van der Waals surface area contributed by atoms with Crippen molar-refractivity contribution in [2.24, 2.45) is 4.99 Å². The largest absolute Gasteiger partial charge is 0.403 e. The van der Waals surface area contributed by atoms with Crippen LogP contribution in [0.2, 0.25) is 0 Å². The predicted octanol–water partition coefficient (Wildman–Crippen LogP) is 2.20. The van der Waals surface area contributed by atoms with Crippen LogP contribution in [-0.2, 0) is 6.42 Å². The second kappa shape index (κ2) is 9.43. The molecule has 0 bridgehead atoms. The van der Waals surface area contributed by atoms with Crippen LogP contribution >= 0.6 is 0 Å². The molecule has 160 valence electrons. The van der Waals surface area contributed by atoms with Gasteiger partial charge in [0, 0.05) is 51.9 Å². The molecule has 2 aromatic rings. The summed E-state index contributed by atoms with van der Waals surface area (Å²) >= 11 is 0. The van der Waals surface area contributed by atoms with Gasteiger partial charge in [-0.25, -0.2) is 0 Å². The van der Waals surface area contributed by atoms with E-state index in [0.29, 0.717) is 39.3 Å². The molecule has 1 unspecified atom stereocenters. The summed E-state index contributed by atoms with van der Waals surface area (Å²) < 4.78 is 40.7. The first-order chi connectivity index (χ1) is 13.9. The molecule has 3 rings (SSSR count). The van der Waals surface area contributed by atoms with Gasteiger partial charge >= 0.3 is 6.18 Å². The molecule has 0 saturated carbocycles. The van der Waals surface area contributed by atoms with Gasteiger partial charge in [0.2, 0.25) is 0 Å². The first-order valence-corrected chi connectivity index (χ1v) is 10.0. The molecule has 1 atom stereocenters. The summed E-state index contributed by atoms with van der Waals surface area (Å²) in [7, 11) is 0. The van der Waals surface area contributed by atoms with Crippen molar-refractivity contribution < 1.29 is 13.2 Å². The molecular formula is C19H28F3N7. The lowest BCUT2D eigenvalue weighted by atomic mass is 10.2. The molecule has 3 heterocycles. The van der Waals surface area contributed by atoms with Crippen molar-refractivity contribution in [1.29, 1.82) is 0 Å². The molecule has 10 heteroatoms. The average Bonchev–Trinajstić information content (AvgIpc) is 3.12. The van der Waals surface area contributed by atoms with Gasteiger partial charge in [0.05, 0.1) is 0 Å². The van der Waals surface area contributed by atoms with Gasteiger partial charge in [0.15, 0.2) is 11.6 Å². The van der Waals surface area contributed by atoms with Crippen molar-refractivity contribution in [3.63, 3.8) is 0 Å². The van der Waals surface area contributed by atoms with Crippen LogP contribution in [0.1, 0.15) is 26.1 Å². The van der Waals surface area contributed by atoms with Crippen LogP contribution in [0.25, 0.3) is 5.65 Å². The number of piperazine rings is 1. The number of hydrogen-bond donors (Lipinski definition) is 1. The third kappa shape index (κ3) is 5.37. The van der Waals surface area contributed by atoms with E-state index in [4.69, 9.17) is 0 Å². The minimum Gasteiger partial charge on any atom is -0.357 e. The highest BCUT2D eigenvalue weighted by atomic mass is 19.4. The summed E-state index contributed by atoms with van der Waals surface area (Å²) in [5, 5.41) is 11.6. The quantitative estimate of drug-likeness (QED) is 0.449. The van der Waals surface area contributed by atoms with Gasteiger partial charge < -0.3 is 10.2 Å². The van der Waals surface area contributed by atoms with Gasteiger partial charge in [-0.15, -0.1) is 10.2 Å². The van der Waals surface area contributed by atoms with E-state index in [0.717, 1.165) is 30.3 Å². The van der Waals surface area contributed by atoms with Crippen molar-refractivity contribution in [1.82, 2.24) is 29.7 Å². The summed E-state index contributed by atoms with van der Waals surface area (Å²) in [6.07, 6.45) is -0.674. The molecule has 29 heavy (non-hydrogen) atoms. The number of guanidine groups is 1. The Bertz CT molecular complexity index is 809. The number of nitrogens with one attached hydrogen (secondary N) is 1. The molecule has 0 aromatic carbocycles. The Morgan fingerprint density at radius 3 is 2.66 bits per heavy atom. The zero-order valence-corrected chi connectivity index (χ0v) is 16.9. The van der Waals surface area contributed by atoms with E-state index in [1.165, 1.54) is 11.8 Å². The summed E-state index contributed by atoms with van der Waals surface area (Å²) in [5.41, 5.74) is 0.824. The smallest absolute Gasteiger partial charge is 0.357 e. The lowest BCUT2D eigenvalue weighted by Crippen LogP contribution is -2.56. The number of nitrogens with zero attached hydrogens (tertiary/aromatic N) is 6. The fraction of sp³-hybridized carbons (Fsp3) is 0.632. The zero-order valence-electron chi connectivity index (χ0n) is 16.9. The highest BCUT2D eigenvalue weighted by Gasteiger charge is 2.41. The average molecular weight is 411 g/mol. The maximum absolute atomic E-state index is 12.9. The summed E-state index contributed by atoms with van der Waals surface area (Å²) in [6, 6.07) is 4.37. The van der Waals surface area contributed by atoms with Gasteiger partial charge in [-0.2, -0.15) is 13.2 Å².